The minimum Gasteiger partial charge on any atom is -0.486 e. The van der Waals surface area contributed by atoms with Gasteiger partial charge in [-0.2, -0.15) is 0 Å². The molecule has 1 fully saturated rings. The van der Waals surface area contributed by atoms with E-state index in [1.54, 1.807) is 0 Å². The van der Waals surface area contributed by atoms with Gasteiger partial charge in [0.15, 0.2) is 0 Å². The Morgan fingerprint density at radius 1 is 1.08 bits per heavy atom. The fourth-order valence-corrected chi connectivity index (χ4v) is 3.88. The summed E-state index contributed by atoms with van der Waals surface area (Å²) in [6.45, 7) is 1.25. The molecule has 0 saturated carbocycles. The van der Waals surface area contributed by atoms with Gasteiger partial charge in [0, 0.05) is 37.9 Å². The molecular weight excluding hydrogens is 328 g/mol. The van der Waals surface area contributed by atoms with E-state index in [9.17, 15) is 10.0 Å². The molecule has 0 bridgehead atoms. The molecule has 1 atom stereocenters. The topological polar surface area (TPSA) is 62.1 Å². The van der Waals surface area contributed by atoms with Crippen LogP contribution in [-0.4, -0.2) is 33.9 Å². The van der Waals surface area contributed by atoms with E-state index in [4.69, 9.17) is 4.74 Å². The second-order valence-electron chi connectivity index (χ2n) is 7.06. The summed E-state index contributed by atoms with van der Waals surface area (Å²) < 4.78 is 6.35. The van der Waals surface area contributed by atoms with Crippen molar-refractivity contribution in [2.75, 3.05) is 6.54 Å². The summed E-state index contributed by atoms with van der Waals surface area (Å²) in [5.74, 6) is 0.881. The molecule has 0 aliphatic carbocycles. The Kier molecular flexibility index (Phi) is 4.37. The second-order valence-corrected chi connectivity index (χ2v) is 7.06. The van der Waals surface area contributed by atoms with Gasteiger partial charge >= 0.3 is 0 Å². The molecule has 1 amide bonds. The number of rotatable bonds is 2. The number of para-hydroxylation sites is 1. The maximum absolute atomic E-state index is 12.6. The molecule has 2 aromatic carbocycles. The van der Waals surface area contributed by atoms with Gasteiger partial charge in [-0.05, 0) is 24.1 Å². The highest BCUT2D eigenvalue weighted by Gasteiger charge is 2.42. The SMILES string of the molecule is O=C1CC[C@]2(CCN1Cc1ccccc1)C/C(=N/O)c1ccccc1O2. The monoisotopic (exact) mass is 350 g/mol. The van der Waals surface area contributed by atoms with Gasteiger partial charge in [-0.15, -0.1) is 0 Å². The van der Waals surface area contributed by atoms with E-state index in [0.29, 0.717) is 38.1 Å². The second kappa shape index (κ2) is 6.83. The number of amides is 1. The van der Waals surface area contributed by atoms with Gasteiger partial charge in [0.05, 0.1) is 5.71 Å². The first-order valence-corrected chi connectivity index (χ1v) is 9.00. The quantitative estimate of drug-likeness (QED) is 0.665. The van der Waals surface area contributed by atoms with E-state index in [1.807, 2.05) is 59.5 Å². The number of hydrogen-bond acceptors (Lipinski definition) is 4. The Morgan fingerprint density at radius 2 is 1.85 bits per heavy atom. The van der Waals surface area contributed by atoms with Crippen molar-refractivity contribution in [3.05, 3.63) is 65.7 Å². The van der Waals surface area contributed by atoms with Crippen molar-refractivity contribution in [3.8, 4) is 5.75 Å². The van der Waals surface area contributed by atoms with Crippen LogP contribution in [0.4, 0.5) is 0 Å². The molecule has 0 unspecified atom stereocenters. The standard InChI is InChI=1S/C21H22N2O3/c24-20-10-11-21(12-13-23(20)15-16-6-2-1-3-7-16)14-18(22-25)17-8-4-5-9-19(17)26-21/h1-9,25H,10-15H2/b22-18-/t21-/m0/s1. The third-order valence-corrected chi connectivity index (χ3v) is 5.34. The zero-order valence-corrected chi connectivity index (χ0v) is 14.6. The molecule has 2 aliphatic rings. The maximum atomic E-state index is 12.6. The Morgan fingerprint density at radius 3 is 2.65 bits per heavy atom. The van der Waals surface area contributed by atoms with Gasteiger partial charge in [-0.3, -0.25) is 4.79 Å². The lowest BCUT2D eigenvalue weighted by atomic mass is 9.84. The number of oxime groups is 1. The van der Waals surface area contributed by atoms with Crippen LogP contribution in [0.5, 0.6) is 5.75 Å². The molecule has 4 rings (SSSR count). The Balaban J connectivity index is 1.55. The number of carbonyl (C=O) groups is 1. The van der Waals surface area contributed by atoms with Crippen molar-refractivity contribution in [2.45, 2.75) is 37.8 Å². The van der Waals surface area contributed by atoms with E-state index in [1.165, 1.54) is 0 Å². The lowest BCUT2D eigenvalue weighted by Gasteiger charge is -2.38. The minimum absolute atomic E-state index is 0.149. The Labute approximate surface area is 152 Å². The third-order valence-electron chi connectivity index (χ3n) is 5.34. The van der Waals surface area contributed by atoms with Gasteiger partial charge in [-0.1, -0.05) is 47.6 Å². The smallest absolute Gasteiger partial charge is 0.223 e. The van der Waals surface area contributed by atoms with Crippen molar-refractivity contribution >= 4 is 11.6 Å². The molecule has 2 heterocycles. The first-order valence-electron chi connectivity index (χ1n) is 9.00. The van der Waals surface area contributed by atoms with Crippen LogP contribution in [0, 0.1) is 0 Å². The van der Waals surface area contributed by atoms with Gasteiger partial charge < -0.3 is 14.8 Å². The predicted molar refractivity (Wildman–Crippen MR) is 98.5 cm³/mol. The van der Waals surface area contributed by atoms with Crippen LogP contribution in [0.15, 0.2) is 59.8 Å². The van der Waals surface area contributed by atoms with E-state index >= 15 is 0 Å². The summed E-state index contributed by atoms with van der Waals surface area (Å²) in [6, 6.07) is 17.7. The van der Waals surface area contributed by atoms with Crippen molar-refractivity contribution in [2.24, 2.45) is 5.16 Å². The van der Waals surface area contributed by atoms with Crippen molar-refractivity contribution in [1.29, 1.82) is 0 Å². The first-order chi connectivity index (χ1) is 12.7. The van der Waals surface area contributed by atoms with Crippen LogP contribution < -0.4 is 4.74 Å². The maximum Gasteiger partial charge on any atom is 0.223 e. The Bertz CT molecular complexity index is 834. The third kappa shape index (κ3) is 3.17. The van der Waals surface area contributed by atoms with E-state index in [-0.39, 0.29) is 5.91 Å². The van der Waals surface area contributed by atoms with Gasteiger partial charge in [-0.25, -0.2) is 0 Å². The largest absolute Gasteiger partial charge is 0.486 e. The molecular formula is C21H22N2O3. The zero-order valence-electron chi connectivity index (χ0n) is 14.6. The molecule has 2 aromatic rings. The molecule has 0 aromatic heterocycles. The highest BCUT2D eigenvalue weighted by atomic mass is 16.5. The highest BCUT2D eigenvalue weighted by molar-refractivity contribution is 6.04. The number of likely N-dealkylation sites (tertiary alicyclic amines) is 1. The normalized spacial score (nSPS) is 24.2. The molecule has 134 valence electrons. The van der Waals surface area contributed by atoms with Gasteiger partial charge in [0.1, 0.15) is 11.4 Å². The van der Waals surface area contributed by atoms with E-state index < -0.39 is 5.60 Å². The predicted octanol–water partition coefficient (Wildman–Crippen LogP) is 3.60. The number of nitrogens with zero attached hydrogens (tertiary/aromatic N) is 2. The average molecular weight is 350 g/mol. The lowest BCUT2D eigenvalue weighted by molar-refractivity contribution is -0.131. The number of hydrogen-bond donors (Lipinski definition) is 1. The molecule has 1 saturated heterocycles. The Hall–Kier alpha value is -2.82. The number of ether oxygens (including phenoxy) is 1. The molecule has 26 heavy (non-hydrogen) atoms. The zero-order chi connectivity index (χ0) is 18.0. The van der Waals surface area contributed by atoms with Crippen molar-refractivity contribution in [3.63, 3.8) is 0 Å². The highest BCUT2D eigenvalue weighted by Crippen LogP contribution is 2.39. The summed E-state index contributed by atoms with van der Waals surface area (Å²) in [5, 5.41) is 13.0. The summed E-state index contributed by atoms with van der Waals surface area (Å²) in [6.07, 6.45) is 2.31. The van der Waals surface area contributed by atoms with E-state index in [0.717, 1.165) is 23.3 Å². The summed E-state index contributed by atoms with van der Waals surface area (Å²) in [5.41, 5.74) is 2.11. The molecule has 1 spiro atoms. The van der Waals surface area contributed by atoms with Crippen LogP contribution in [-0.2, 0) is 11.3 Å². The fraction of sp³-hybridized carbons (Fsp3) is 0.333. The van der Waals surface area contributed by atoms with Crippen molar-refractivity contribution in [1.82, 2.24) is 4.90 Å². The van der Waals surface area contributed by atoms with Crippen LogP contribution in [0.1, 0.15) is 36.8 Å². The van der Waals surface area contributed by atoms with Crippen LogP contribution in [0.25, 0.3) is 0 Å². The van der Waals surface area contributed by atoms with Crippen LogP contribution in [0.3, 0.4) is 0 Å². The fourth-order valence-electron chi connectivity index (χ4n) is 3.88. The van der Waals surface area contributed by atoms with Crippen LogP contribution in [0.2, 0.25) is 0 Å². The summed E-state index contributed by atoms with van der Waals surface area (Å²) in [4.78, 5) is 14.5. The summed E-state index contributed by atoms with van der Waals surface area (Å²) in [7, 11) is 0. The molecule has 2 aliphatic heterocycles. The number of carbonyl (C=O) groups excluding carboxylic acids is 1. The minimum atomic E-state index is -0.489. The molecule has 5 heteroatoms. The van der Waals surface area contributed by atoms with Gasteiger partial charge in [0.2, 0.25) is 5.91 Å². The molecule has 0 radical (unpaired) electrons. The average Bonchev–Trinajstić information content (AvgIpc) is 2.82. The first kappa shape index (κ1) is 16.6. The molecule has 1 N–H and O–H groups in total. The number of benzene rings is 2. The summed E-state index contributed by atoms with van der Waals surface area (Å²) >= 11 is 0. The van der Waals surface area contributed by atoms with Crippen LogP contribution >= 0.6 is 0 Å². The van der Waals surface area contributed by atoms with Crippen molar-refractivity contribution < 1.29 is 14.7 Å². The molecule has 5 nitrogen and oxygen atoms in total. The van der Waals surface area contributed by atoms with Gasteiger partial charge in [0.25, 0.3) is 0 Å². The number of fused-ring (bicyclic) bond motifs is 1. The van der Waals surface area contributed by atoms with E-state index in [2.05, 4.69) is 5.16 Å². The lowest BCUT2D eigenvalue weighted by Crippen LogP contribution is -2.43.